The smallest absolute Gasteiger partial charge is 0.341 e. The summed E-state index contributed by atoms with van der Waals surface area (Å²) >= 11 is 0. The van der Waals surface area contributed by atoms with E-state index in [4.69, 9.17) is 4.74 Å². The van der Waals surface area contributed by atoms with E-state index in [1.807, 2.05) is 0 Å². The summed E-state index contributed by atoms with van der Waals surface area (Å²) in [7, 11) is 2.80. The Bertz CT molecular complexity index is 521. The molecule has 0 spiro atoms. The zero-order chi connectivity index (χ0) is 15.2. The highest BCUT2D eigenvalue weighted by atomic mass is 16.5. The van der Waals surface area contributed by atoms with E-state index in [9.17, 15) is 9.59 Å². The van der Waals surface area contributed by atoms with Crippen LogP contribution in [0.5, 0.6) is 5.75 Å². The minimum atomic E-state index is -0.461. The lowest BCUT2D eigenvalue weighted by molar-refractivity contribution is -0.120. The highest BCUT2D eigenvalue weighted by molar-refractivity contribution is 5.96. The molecule has 0 unspecified atom stereocenters. The second-order valence-corrected chi connectivity index (χ2v) is 5.23. The van der Waals surface area contributed by atoms with E-state index in [1.165, 1.54) is 20.6 Å². The number of esters is 1. The molecule has 1 fully saturated rings. The van der Waals surface area contributed by atoms with Crippen molar-refractivity contribution in [2.75, 3.05) is 19.5 Å². The number of methoxy groups -OCH3 is 2. The van der Waals surface area contributed by atoms with Gasteiger partial charge in [0.05, 0.1) is 14.2 Å². The highest BCUT2D eigenvalue weighted by Crippen LogP contribution is 2.27. The molecule has 5 heteroatoms. The van der Waals surface area contributed by atoms with Crippen molar-refractivity contribution in [2.24, 2.45) is 5.92 Å². The molecule has 1 aliphatic carbocycles. The number of nitrogens with one attached hydrogen (secondary N) is 1. The van der Waals surface area contributed by atoms with E-state index < -0.39 is 5.97 Å². The van der Waals surface area contributed by atoms with Crippen LogP contribution in [-0.2, 0) is 9.53 Å². The lowest BCUT2D eigenvalue weighted by Gasteiger charge is -2.21. The molecular weight excluding hydrogens is 270 g/mol. The van der Waals surface area contributed by atoms with Gasteiger partial charge in [0.15, 0.2) is 0 Å². The van der Waals surface area contributed by atoms with E-state index in [2.05, 4.69) is 10.1 Å². The number of hydrogen-bond acceptors (Lipinski definition) is 4. The molecule has 5 nitrogen and oxygen atoms in total. The van der Waals surface area contributed by atoms with Crippen LogP contribution >= 0.6 is 0 Å². The van der Waals surface area contributed by atoms with E-state index in [0.29, 0.717) is 17.0 Å². The zero-order valence-electron chi connectivity index (χ0n) is 12.5. The van der Waals surface area contributed by atoms with E-state index >= 15 is 0 Å². The zero-order valence-corrected chi connectivity index (χ0v) is 12.5. The van der Waals surface area contributed by atoms with Gasteiger partial charge in [0.2, 0.25) is 5.91 Å². The Morgan fingerprint density at radius 2 is 1.86 bits per heavy atom. The molecule has 0 heterocycles. The van der Waals surface area contributed by atoms with Gasteiger partial charge >= 0.3 is 5.97 Å². The number of benzene rings is 1. The Morgan fingerprint density at radius 3 is 2.48 bits per heavy atom. The topological polar surface area (TPSA) is 64.6 Å². The Labute approximate surface area is 124 Å². The number of ether oxygens (including phenoxy) is 2. The van der Waals surface area contributed by atoms with E-state index in [1.54, 1.807) is 18.2 Å². The summed E-state index contributed by atoms with van der Waals surface area (Å²) in [6, 6.07) is 4.93. The van der Waals surface area contributed by atoms with Gasteiger partial charge in [0.25, 0.3) is 0 Å². The monoisotopic (exact) mass is 291 g/mol. The van der Waals surface area contributed by atoms with Crippen LogP contribution in [0.1, 0.15) is 42.5 Å². The molecule has 1 N–H and O–H groups in total. The van der Waals surface area contributed by atoms with Crippen molar-refractivity contribution in [1.29, 1.82) is 0 Å². The summed E-state index contributed by atoms with van der Waals surface area (Å²) in [4.78, 5) is 23.8. The van der Waals surface area contributed by atoms with Gasteiger partial charge in [-0.25, -0.2) is 4.79 Å². The average molecular weight is 291 g/mol. The molecule has 0 atom stereocenters. The molecule has 0 saturated heterocycles. The molecule has 21 heavy (non-hydrogen) atoms. The number of carbonyl (C=O) groups excluding carboxylic acids is 2. The van der Waals surface area contributed by atoms with Crippen LogP contribution in [-0.4, -0.2) is 26.1 Å². The maximum atomic E-state index is 12.2. The van der Waals surface area contributed by atoms with Crippen LogP contribution in [0.15, 0.2) is 18.2 Å². The summed E-state index contributed by atoms with van der Waals surface area (Å²) < 4.78 is 9.87. The number of hydrogen-bond donors (Lipinski definition) is 1. The first-order chi connectivity index (χ1) is 10.2. The van der Waals surface area contributed by atoms with Gasteiger partial charge < -0.3 is 14.8 Å². The van der Waals surface area contributed by atoms with Crippen molar-refractivity contribution in [1.82, 2.24) is 0 Å². The van der Waals surface area contributed by atoms with Gasteiger partial charge in [-0.3, -0.25) is 4.79 Å². The van der Waals surface area contributed by atoms with E-state index in [0.717, 1.165) is 25.7 Å². The van der Waals surface area contributed by atoms with Crippen molar-refractivity contribution in [3.8, 4) is 5.75 Å². The first-order valence-corrected chi connectivity index (χ1v) is 7.23. The van der Waals surface area contributed by atoms with Crippen molar-refractivity contribution < 1.29 is 19.1 Å². The maximum Gasteiger partial charge on any atom is 0.341 e. The molecule has 0 aromatic heterocycles. The van der Waals surface area contributed by atoms with E-state index in [-0.39, 0.29) is 11.8 Å². The fourth-order valence-electron chi connectivity index (χ4n) is 2.66. The Balaban J connectivity index is 2.09. The van der Waals surface area contributed by atoms with Gasteiger partial charge in [-0.1, -0.05) is 19.3 Å². The number of amides is 1. The van der Waals surface area contributed by atoms with Crippen LogP contribution in [0.2, 0.25) is 0 Å². The minimum absolute atomic E-state index is 0.0440. The predicted octanol–water partition coefficient (Wildman–Crippen LogP) is 3.00. The van der Waals surface area contributed by atoms with Gasteiger partial charge in [0.1, 0.15) is 11.3 Å². The molecule has 1 amide bonds. The van der Waals surface area contributed by atoms with Crippen LogP contribution in [0.25, 0.3) is 0 Å². The predicted molar refractivity (Wildman–Crippen MR) is 79.5 cm³/mol. The third-order valence-corrected chi connectivity index (χ3v) is 3.85. The second kappa shape index (κ2) is 7.11. The molecular formula is C16H21NO4. The molecule has 1 aromatic carbocycles. The van der Waals surface area contributed by atoms with Crippen LogP contribution in [0.4, 0.5) is 5.69 Å². The molecule has 0 radical (unpaired) electrons. The SMILES string of the molecule is COC(=O)c1ccc(NC(=O)C2CCCCC2)cc1OC. The Kier molecular flexibility index (Phi) is 5.20. The third kappa shape index (κ3) is 3.74. The summed E-state index contributed by atoms with van der Waals surface area (Å²) in [6.45, 7) is 0. The Hall–Kier alpha value is -2.04. The normalized spacial score (nSPS) is 15.3. The Morgan fingerprint density at radius 1 is 1.14 bits per heavy atom. The number of carbonyl (C=O) groups is 2. The lowest BCUT2D eigenvalue weighted by Crippen LogP contribution is -2.24. The summed E-state index contributed by atoms with van der Waals surface area (Å²) in [5.74, 6) is 0.0629. The van der Waals surface area contributed by atoms with Gasteiger partial charge in [0, 0.05) is 17.7 Å². The van der Waals surface area contributed by atoms with Crippen molar-refractivity contribution in [3.63, 3.8) is 0 Å². The van der Waals surface area contributed by atoms with Crippen molar-refractivity contribution in [3.05, 3.63) is 23.8 Å². The standard InChI is InChI=1S/C16H21NO4/c1-20-14-10-12(8-9-13(14)16(19)21-2)17-15(18)11-6-4-3-5-7-11/h8-11H,3-7H2,1-2H3,(H,17,18). The van der Waals surface area contributed by atoms with Crippen LogP contribution in [0, 0.1) is 5.92 Å². The van der Waals surface area contributed by atoms with Crippen molar-refractivity contribution >= 4 is 17.6 Å². The first-order valence-electron chi connectivity index (χ1n) is 7.23. The summed E-state index contributed by atoms with van der Waals surface area (Å²) in [5, 5.41) is 2.90. The second-order valence-electron chi connectivity index (χ2n) is 5.23. The largest absolute Gasteiger partial charge is 0.496 e. The minimum Gasteiger partial charge on any atom is -0.496 e. The fraction of sp³-hybridized carbons (Fsp3) is 0.500. The van der Waals surface area contributed by atoms with Gasteiger partial charge in [-0.2, -0.15) is 0 Å². The molecule has 0 aliphatic heterocycles. The average Bonchev–Trinajstić information content (AvgIpc) is 2.54. The molecule has 0 bridgehead atoms. The highest BCUT2D eigenvalue weighted by Gasteiger charge is 2.21. The molecule has 1 saturated carbocycles. The quantitative estimate of drug-likeness (QED) is 0.866. The third-order valence-electron chi connectivity index (χ3n) is 3.85. The molecule has 2 rings (SSSR count). The van der Waals surface area contributed by atoms with Gasteiger partial charge in [-0.15, -0.1) is 0 Å². The number of rotatable bonds is 4. The lowest BCUT2D eigenvalue weighted by atomic mass is 9.88. The van der Waals surface area contributed by atoms with Crippen molar-refractivity contribution in [2.45, 2.75) is 32.1 Å². The van der Waals surface area contributed by atoms with Crippen LogP contribution < -0.4 is 10.1 Å². The molecule has 1 aliphatic rings. The fourth-order valence-corrected chi connectivity index (χ4v) is 2.66. The molecule has 1 aromatic rings. The maximum absolute atomic E-state index is 12.2. The first kappa shape index (κ1) is 15.4. The summed E-state index contributed by atoms with van der Waals surface area (Å²) in [5.41, 5.74) is 0.978. The molecule has 114 valence electrons. The summed E-state index contributed by atoms with van der Waals surface area (Å²) in [6.07, 6.45) is 5.34. The van der Waals surface area contributed by atoms with Crippen LogP contribution in [0.3, 0.4) is 0 Å². The van der Waals surface area contributed by atoms with Gasteiger partial charge in [-0.05, 0) is 25.0 Å². The number of anilines is 1.